The third kappa shape index (κ3) is 3.28. The van der Waals surface area contributed by atoms with Gasteiger partial charge in [-0.15, -0.1) is 0 Å². The van der Waals surface area contributed by atoms with Crippen LogP contribution in [-0.4, -0.2) is 5.78 Å². The molecule has 0 aliphatic heterocycles. The fourth-order valence-electron chi connectivity index (χ4n) is 1.57. The van der Waals surface area contributed by atoms with E-state index in [4.69, 9.17) is 11.6 Å². The lowest BCUT2D eigenvalue weighted by Crippen LogP contribution is -2.25. The van der Waals surface area contributed by atoms with Gasteiger partial charge in [0.1, 0.15) is 0 Å². The summed E-state index contributed by atoms with van der Waals surface area (Å²) >= 11 is 5.77. The molecule has 0 amide bonds. The molecule has 0 bridgehead atoms. The smallest absolute Gasteiger partial charge is 0.191 e. The number of aryl methyl sites for hydroxylation is 1. The fourth-order valence-corrected chi connectivity index (χ4v) is 1.70. The largest absolute Gasteiger partial charge is 0.289 e. The van der Waals surface area contributed by atoms with Crippen LogP contribution in [0.25, 0.3) is 6.20 Å². The number of carbonyl (C=O) groups excluding carboxylic acids is 1. The highest BCUT2D eigenvalue weighted by Gasteiger charge is 2.03. The van der Waals surface area contributed by atoms with Gasteiger partial charge in [0.25, 0.3) is 0 Å². The van der Waals surface area contributed by atoms with E-state index in [-0.39, 0.29) is 5.78 Å². The van der Waals surface area contributed by atoms with Gasteiger partial charge in [0.15, 0.2) is 24.4 Å². The molecule has 18 heavy (non-hydrogen) atoms. The molecule has 0 atom stereocenters. The summed E-state index contributed by atoms with van der Waals surface area (Å²) in [4.78, 5) is 11.9. The van der Waals surface area contributed by atoms with Gasteiger partial charge in [-0.2, -0.15) is 4.57 Å². The van der Waals surface area contributed by atoms with Crippen LogP contribution in [0.2, 0.25) is 5.02 Å². The SMILES string of the molecule is Cc1ccc[n+](C=CC(=O)c2ccc(Cl)cc2)c1. The summed E-state index contributed by atoms with van der Waals surface area (Å²) in [5, 5.41) is 0.628. The van der Waals surface area contributed by atoms with Crippen LogP contribution in [0.4, 0.5) is 0 Å². The Morgan fingerprint density at radius 1 is 1.22 bits per heavy atom. The van der Waals surface area contributed by atoms with Gasteiger partial charge < -0.3 is 0 Å². The first-order chi connectivity index (χ1) is 8.65. The van der Waals surface area contributed by atoms with E-state index in [2.05, 4.69) is 0 Å². The minimum atomic E-state index is -0.0410. The second kappa shape index (κ2) is 5.61. The Balaban J connectivity index is 2.14. The van der Waals surface area contributed by atoms with E-state index < -0.39 is 0 Å². The Morgan fingerprint density at radius 3 is 2.61 bits per heavy atom. The van der Waals surface area contributed by atoms with Crippen molar-refractivity contribution in [2.75, 3.05) is 0 Å². The Morgan fingerprint density at radius 2 is 1.94 bits per heavy atom. The zero-order valence-corrected chi connectivity index (χ0v) is 10.8. The third-order valence-corrected chi connectivity index (χ3v) is 2.75. The van der Waals surface area contributed by atoms with Gasteiger partial charge in [-0.1, -0.05) is 11.6 Å². The molecule has 0 aliphatic carbocycles. The molecule has 3 heteroatoms. The van der Waals surface area contributed by atoms with Crippen molar-refractivity contribution in [2.24, 2.45) is 0 Å². The van der Waals surface area contributed by atoms with Gasteiger partial charge in [0.05, 0.1) is 6.08 Å². The van der Waals surface area contributed by atoms with Crippen molar-refractivity contribution in [3.8, 4) is 0 Å². The van der Waals surface area contributed by atoms with Crippen molar-refractivity contribution in [1.82, 2.24) is 0 Å². The first-order valence-corrected chi connectivity index (χ1v) is 5.98. The van der Waals surface area contributed by atoms with Gasteiger partial charge in [-0.05, 0) is 37.3 Å². The predicted octanol–water partition coefficient (Wildman–Crippen LogP) is 3.29. The maximum absolute atomic E-state index is 11.9. The van der Waals surface area contributed by atoms with Gasteiger partial charge in [0, 0.05) is 22.2 Å². The van der Waals surface area contributed by atoms with Gasteiger partial charge in [-0.3, -0.25) is 4.79 Å². The number of benzene rings is 1. The molecule has 1 aromatic carbocycles. The van der Waals surface area contributed by atoms with E-state index >= 15 is 0 Å². The molecule has 0 aliphatic rings. The summed E-state index contributed by atoms with van der Waals surface area (Å²) in [6.45, 7) is 2.01. The van der Waals surface area contributed by atoms with Gasteiger partial charge in [0.2, 0.25) is 0 Å². The maximum atomic E-state index is 11.9. The molecule has 0 saturated heterocycles. The molecule has 1 heterocycles. The zero-order chi connectivity index (χ0) is 13.0. The first-order valence-electron chi connectivity index (χ1n) is 5.61. The lowest BCUT2D eigenvalue weighted by atomic mass is 10.1. The van der Waals surface area contributed by atoms with Crippen molar-refractivity contribution in [3.05, 3.63) is 71.0 Å². The fraction of sp³-hybridized carbons (Fsp3) is 0.0667. The highest BCUT2D eigenvalue weighted by Crippen LogP contribution is 2.10. The van der Waals surface area contributed by atoms with Crippen LogP contribution in [0.1, 0.15) is 15.9 Å². The van der Waals surface area contributed by atoms with Crippen molar-refractivity contribution >= 4 is 23.6 Å². The second-order valence-electron chi connectivity index (χ2n) is 4.02. The predicted molar refractivity (Wildman–Crippen MR) is 72.5 cm³/mol. The first kappa shape index (κ1) is 12.5. The minimum Gasteiger partial charge on any atom is -0.289 e. The Labute approximate surface area is 111 Å². The summed E-state index contributed by atoms with van der Waals surface area (Å²) in [5.74, 6) is -0.0410. The molecule has 0 spiro atoms. The van der Waals surface area contributed by atoms with Crippen molar-refractivity contribution in [2.45, 2.75) is 6.92 Å². The number of ketones is 1. The molecule has 90 valence electrons. The standard InChI is InChI=1S/C15H13ClNO/c1-12-3-2-9-17(11-12)10-8-15(18)13-4-6-14(16)7-5-13/h2-11H,1H3/q+1. The maximum Gasteiger partial charge on any atom is 0.191 e. The van der Waals surface area contributed by atoms with Crippen molar-refractivity contribution < 1.29 is 9.36 Å². The summed E-state index contributed by atoms with van der Waals surface area (Å²) in [7, 11) is 0. The van der Waals surface area contributed by atoms with Crippen LogP contribution in [0, 0.1) is 6.92 Å². The number of aromatic nitrogens is 1. The number of allylic oxidation sites excluding steroid dienone is 1. The molecule has 0 radical (unpaired) electrons. The average molecular weight is 259 g/mol. The van der Waals surface area contributed by atoms with Crippen LogP contribution < -0.4 is 4.57 Å². The van der Waals surface area contributed by atoms with E-state index in [0.717, 1.165) is 5.56 Å². The van der Waals surface area contributed by atoms with Crippen LogP contribution in [0.3, 0.4) is 0 Å². The molecule has 2 aromatic rings. The van der Waals surface area contributed by atoms with E-state index in [0.29, 0.717) is 10.6 Å². The van der Waals surface area contributed by atoms with Crippen LogP contribution in [0.15, 0.2) is 54.9 Å². The zero-order valence-electron chi connectivity index (χ0n) is 10.0. The molecule has 2 rings (SSSR count). The minimum absolute atomic E-state index is 0.0410. The molecular weight excluding hydrogens is 246 g/mol. The number of carbonyl (C=O) groups is 1. The summed E-state index contributed by atoms with van der Waals surface area (Å²) < 4.78 is 1.85. The lowest BCUT2D eigenvalue weighted by molar-refractivity contribution is -0.568. The molecule has 0 fully saturated rings. The lowest BCUT2D eigenvalue weighted by Gasteiger charge is -1.94. The Hall–Kier alpha value is -1.93. The summed E-state index contributed by atoms with van der Waals surface area (Å²) in [5.41, 5.74) is 1.77. The summed E-state index contributed by atoms with van der Waals surface area (Å²) in [6, 6.07) is 10.8. The molecule has 0 saturated carbocycles. The molecule has 2 nitrogen and oxygen atoms in total. The molecular formula is C15H13ClNO+. The van der Waals surface area contributed by atoms with E-state index in [1.807, 2.05) is 36.0 Å². The summed E-state index contributed by atoms with van der Waals surface area (Å²) in [6.07, 6.45) is 7.12. The van der Waals surface area contributed by atoms with E-state index in [9.17, 15) is 4.79 Å². The second-order valence-corrected chi connectivity index (χ2v) is 4.45. The van der Waals surface area contributed by atoms with Gasteiger partial charge in [-0.25, -0.2) is 0 Å². The van der Waals surface area contributed by atoms with Crippen LogP contribution in [0.5, 0.6) is 0 Å². The van der Waals surface area contributed by atoms with E-state index in [1.165, 1.54) is 0 Å². The Bertz CT molecular complexity index is 588. The van der Waals surface area contributed by atoms with Crippen molar-refractivity contribution in [1.29, 1.82) is 0 Å². The highest BCUT2D eigenvalue weighted by atomic mass is 35.5. The number of pyridine rings is 1. The quantitative estimate of drug-likeness (QED) is 0.470. The monoisotopic (exact) mass is 258 g/mol. The normalized spacial score (nSPS) is 10.8. The number of rotatable bonds is 3. The third-order valence-electron chi connectivity index (χ3n) is 2.50. The van der Waals surface area contributed by atoms with E-state index in [1.54, 1.807) is 36.5 Å². The van der Waals surface area contributed by atoms with Crippen molar-refractivity contribution in [3.63, 3.8) is 0 Å². The van der Waals surface area contributed by atoms with Crippen LogP contribution >= 0.6 is 11.6 Å². The number of nitrogens with zero attached hydrogens (tertiary/aromatic N) is 1. The average Bonchev–Trinajstić information content (AvgIpc) is 2.37. The molecule has 1 aromatic heterocycles. The molecule has 0 unspecified atom stereocenters. The van der Waals surface area contributed by atoms with Crippen LogP contribution in [-0.2, 0) is 0 Å². The number of hydrogen-bond donors (Lipinski definition) is 0. The number of hydrogen-bond acceptors (Lipinski definition) is 1. The number of halogens is 1. The topological polar surface area (TPSA) is 20.9 Å². The van der Waals surface area contributed by atoms with Gasteiger partial charge >= 0.3 is 0 Å². The molecule has 0 N–H and O–H groups in total. The highest BCUT2D eigenvalue weighted by molar-refractivity contribution is 6.30. The Kier molecular flexibility index (Phi) is 3.90.